The van der Waals surface area contributed by atoms with E-state index in [1.807, 2.05) is 29.1 Å². The number of hydrogen-bond acceptors (Lipinski definition) is 3. The minimum absolute atomic E-state index is 0.407. The zero-order valence-corrected chi connectivity index (χ0v) is 18.6. The summed E-state index contributed by atoms with van der Waals surface area (Å²) in [5.74, 6) is 0.901. The van der Waals surface area contributed by atoms with E-state index in [-0.39, 0.29) is 0 Å². The highest BCUT2D eigenvalue weighted by molar-refractivity contribution is 5.80. The number of nitrogens with zero attached hydrogens (tertiary/aromatic N) is 4. The lowest BCUT2D eigenvalue weighted by Gasteiger charge is -2.21. The average Bonchev–Trinajstić information content (AvgIpc) is 3.21. The van der Waals surface area contributed by atoms with Gasteiger partial charge < -0.3 is 15.5 Å². The predicted octanol–water partition coefficient (Wildman–Crippen LogP) is 3.48. The van der Waals surface area contributed by atoms with Gasteiger partial charge in [0.05, 0.1) is 11.9 Å². The summed E-state index contributed by atoms with van der Waals surface area (Å²) in [6, 6.07) is 10.6. The van der Waals surface area contributed by atoms with E-state index in [2.05, 4.69) is 66.7 Å². The Morgan fingerprint density at radius 1 is 1.17 bits per heavy atom. The van der Waals surface area contributed by atoms with Crippen molar-refractivity contribution in [3.8, 4) is 5.69 Å². The highest BCUT2D eigenvalue weighted by Crippen LogP contribution is 2.08. The van der Waals surface area contributed by atoms with Crippen LogP contribution in [0.25, 0.3) is 5.69 Å². The Kier molecular flexibility index (Phi) is 10.3. The predicted molar refractivity (Wildman–Crippen MR) is 123 cm³/mol. The highest BCUT2D eigenvalue weighted by atomic mass is 15.3. The van der Waals surface area contributed by atoms with Gasteiger partial charge in [-0.15, -0.1) is 0 Å². The molecular formula is C23H38N6. The van der Waals surface area contributed by atoms with Crippen molar-refractivity contribution in [2.45, 2.75) is 53.0 Å². The van der Waals surface area contributed by atoms with E-state index in [9.17, 15) is 0 Å². The van der Waals surface area contributed by atoms with Crippen molar-refractivity contribution >= 4 is 5.96 Å². The van der Waals surface area contributed by atoms with Crippen molar-refractivity contribution in [2.75, 3.05) is 32.7 Å². The van der Waals surface area contributed by atoms with Crippen molar-refractivity contribution in [3.63, 3.8) is 0 Å². The summed E-state index contributed by atoms with van der Waals surface area (Å²) in [6.45, 7) is 13.8. The van der Waals surface area contributed by atoms with Gasteiger partial charge in [0.1, 0.15) is 0 Å². The maximum Gasteiger partial charge on any atom is 0.191 e. The molecule has 0 aliphatic heterocycles. The Balaban J connectivity index is 1.80. The van der Waals surface area contributed by atoms with Gasteiger partial charge in [-0.3, -0.25) is 4.99 Å². The fraction of sp³-hybridized carbons (Fsp3) is 0.565. The van der Waals surface area contributed by atoms with Gasteiger partial charge in [-0.25, -0.2) is 4.68 Å². The normalized spacial score (nSPS) is 12.9. The second-order valence-electron chi connectivity index (χ2n) is 7.35. The number of benzene rings is 1. The van der Waals surface area contributed by atoms with Gasteiger partial charge in [0, 0.05) is 25.3 Å². The van der Waals surface area contributed by atoms with Gasteiger partial charge >= 0.3 is 0 Å². The van der Waals surface area contributed by atoms with Crippen LogP contribution >= 0.6 is 0 Å². The number of rotatable bonds is 12. The molecule has 1 atom stereocenters. The van der Waals surface area contributed by atoms with E-state index in [0.717, 1.165) is 57.2 Å². The Morgan fingerprint density at radius 2 is 1.93 bits per heavy atom. The number of para-hydroxylation sites is 1. The molecule has 160 valence electrons. The topological polar surface area (TPSA) is 57.5 Å². The monoisotopic (exact) mass is 398 g/mol. The first-order chi connectivity index (χ1) is 14.2. The van der Waals surface area contributed by atoms with E-state index in [1.165, 1.54) is 12.0 Å². The molecule has 2 N–H and O–H groups in total. The molecule has 0 bridgehead atoms. The van der Waals surface area contributed by atoms with Crippen LogP contribution in [0.4, 0.5) is 0 Å². The smallest absolute Gasteiger partial charge is 0.191 e. The molecule has 1 aromatic heterocycles. The summed E-state index contributed by atoms with van der Waals surface area (Å²) < 4.78 is 1.92. The molecule has 2 aromatic rings. The Hall–Kier alpha value is -2.34. The van der Waals surface area contributed by atoms with Gasteiger partial charge in [0.2, 0.25) is 0 Å². The van der Waals surface area contributed by atoms with E-state index >= 15 is 0 Å². The van der Waals surface area contributed by atoms with Crippen molar-refractivity contribution in [1.29, 1.82) is 0 Å². The Morgan fingerprint density at radius 3 is 2.62 bits per heavy atom. The van der Waals surface area contributed by atoms with Gasteiger partial charge in [0.15, 0.2) is 5.96 Å². The summed E-state index contributed by atoms with van der Waals surface area (Å²) in [5, 5.41) is 11.4. The maximum atomic E-state index is 4.75. The Labute approximate surface area is 176 Å². The lowest BCUT2D eigenvalue weighted by atomic mass is 10.2. The molecule has 0 spiro atoms. The van der Waals surface area contributed by atoms with Crippen molar-refractivity contribution < 1.29 is 0 Å². The third-order valence-electron chi connectivity index (χ3n) is 5.06. The number of aliphatic imine (C=N–C) groups is 1. The summed E-state index contributed by atoms with van der Waals surface area (Å²) in [7, 11) is 0. The molecule has 6 nitrogen and oxygen atoms in total. The van der Waals surface area contributed by atoms with Gasteiger partial charge in [-0.1, -0.05) is 32.0 Å². The molecule has 0 saturated heterocycles. The molecule has 0 saturated carbocycles. The van der Waals surface area contributed by atoms with Crippen molar-refractivity contribution in [1.82, 2.24) is 25.3 Å². The third-order valence-corrected chi connectivity index (χ3v) is 5.06. The van der Waals surface area contributed by atoms with Gasteiger partial charge in [-0.2, -0.15) is 5.10 Å². The fourth-order valence-electron chi connectivity index (χ4n) is 3.29. The molecular weight excluding hydrogens is 360 g/mol. The summed E-state index contributed by atoms with van der Waals surface area (Å²) in [4.78, 5) is 7.23. The van der Waals surface area contributed by atoms with Crippen LogP contribution in [0.15, 0.2) is 47.7 Å². The van der Waals surface area contributed by atoms with Crippen LogP contribution in [0.3, 0.4) is 0 Å². The lowest BCUT2D eigenvalue weighted by Crippen LogP contribution is -2.42. The van der Waals surface area contributed by atoms with Crippen molar-refractivity contribution in [3.05, 3.63) is 48.3 Å². The molecule has 0 aliphatic carbocycles. The summed E-state index contributed by atoms with van der Waals surface area (Å²) in [6.07, 6.45) is 7.23. The highest BCUT2D eigenvalue weighted by Gasteiger charge is 2.07. The SMILES string of the molecule is CCNC(=NCCc1cnn(-c2ccccc2)c1)NC(C)CCCN(CC)CC. The van der Waals surface area contributed by atoms with Crippen LogP contribution in [0.2, 0.25) is 0 Å². The molecule has 29 heavy (non-hydrogen) atoms. The second kappa shape index (κ2) is 13.0. The standard InChI is InChI=1S/C23H38N6/c1-5-24-23(27-20(4)12-11-17-28(6-2)7-3)25-16-15-21-18-26-29(19-21)22-13-9-8-10-14-22/h8-10,13-14,18-20H,5-7,11-12,15-17H2,1-4H3,(H2,24,25,27). The number of guanidine groups is 1. The first-order valence-corrected chi connectivity index (χ1v) is 11.0. The first-order valence-electron chi connectivity index (χ1n) is 11.0. The molecule has 0 fully saturated rings. The van der Waals surface area contributed by atoms with Crippen LogP contribution in [-0.4, -0.2) is 59.4 Å². The van der Waals surface area contributed by atoms with E-state index in [0.29, 0.717) is 6.04 Å². The zero-order valence-electron chi connectivity index (χ0n) is 18.6. The number of nitrogens with one attached hydrogen (secondary N) is 2. The maximum absolute atomic E-state index is 4.75. The molecule has 1 unspecified atom stereocenters. The molecule has 1 aromatic carbocycles. The van der Waals surface area contributed by atoms with Crippen LogP contribution in [-0.2, 0) is 6.42 Å². The van der Waals surface area contributed by atoms with Crippen LogP contribution in [0, 0.1) is 0 Å². The van der Waals surface area contributed by atoms with Crippen LogP contribution in [0.5, 0.6) is 0 Å². The van der Waals surface area contributed by atoms with E-state index in [4.69, 9.17) is 4.99 Å². The lowest BCUT2D eigenvalue weighted by molar-refractivity contribution is 0.292. The molecule has 2 rings (SSSR count). The molecule has 1 heterocycles. The van der Waals surface area contributed by atoms with Gasteiger partial charge in [-0.05, 0) is 70.4 Å². The van der Waals surface area contributed by atoms with E-state index in [1.54, 1.807) is 0 Å². The molecule has 0 aliphatic rings. The zero-order chi connectivity index (χ0) is 20.9. The molecule has 0 radical (unpaired) electrons. The second-order valence-corrected chi connectivity index (χ2v) is 7.35. The van der Waals surface area contributed by atoms with E-state index < -0.39 is 0 Å². The minimum atomic E-state index is 0.407. The average molecular weight is 399 g/mol. The largest absolute Gasteiger partial charge is 0.357 e. The third kappa shape index (κ3) is 8.28. The van der Waals surface area contributed by atoms with Crippen molar-refractivity contribution in [2.24, 2.45) is 4.99 Å². The molecule has 0 amide bonds. The Bertz CT molecular complexity index is 705. The minimum Gasteiger partial charge on any atom is -0.357 e. The van der Waals surface area contributed by atoms with Crippen LogP contribution < -0.4 is 10.6 Å². The first kappa shape index (κ1) is 22.9. The number of hydrogen-bond donors (Lipinski definition) is 2. The molecule has 6 heteroatoms. The number of aromatic nitrogens is 2. The summed E-state index contributed by atoms with van der Waals surface area (Å²) in [5.41, 5.74) is 2.27. The fourth-order valence-corrected chi connectivity index (χ4v) is 3.29. The van der Waals surface area contributed by atoms with Crippen LogP contribution in [0.1, 0.15) is 46.1 Å². The quantitative estimate of drug-likeness (QED) is 0.424. The summed E-state index contributed by atoms with van der Waals surface area (Å²) >= 11 is 0. The van der Waals surface area contributed by atoms with Gasteiger partial charge in [0.25, 0.3) is 0 Å².